The van der Waals surface area contributed by atoms with Crippen LogP contribution in [0.25, 0.3) is 10.9 Å². The number of methoxy groups -OCH3 is 1. The number of anilines is 3. The Morgan fingerprint density at radius 3 is 2.65 bits per heavy atom. The number of ether oxygens (including phenoxy) is 2. The number of rotatable bonds is 5. The first-order chi connectivity index (χ1) is 15.0. The molecule has 4 rings (SSSR count). The highest BCUT2D eigenvalue weighted by molar-refractivity contribution is 6.01. The van der Waals surface area contributed by atoms with Gasteiger partial charge in [0.25, 0.3) is 0 Å². The van der Waals surface area contributed by atoms with E-state index in [0.29, 0.717) is 37.7 Å². The molecule has 0 saturated carbocycles. The molecule has 1 aliphatic rings. The number of benzene rings is 2. The molecule has 1 aliphatic heterocycles. The largest absolute Gasteiger partial charge is 0.465 e. The number of para-hydroxylation sites is 1. The number of aromatic nitrogens is 1. The van der Waals surface area contributed by atoms with Crippen LogP contribution in [-0.4, -0.2) is 49.3 Å². The molecule has 1 fully saturated rings. The number of hydrogen-bond donors (Lipinski definition) is 1. The van der Waals surface area contributed by atoms with Crippen LogP contribution in [0.3, 0.4) is 0 Å². The summed E-state index contributed by atoms with van der Waals surface area (Å²) in [7, 11) is 1.21. The fraction of sp³-hybridized carbons (Fsp3) is 0.273. The Kier molecular flexibility index (Phi) is 5.68. The zero-order valence-electron chi connectivity index (χ0n) is 17.3. The predicted octanol–water partition coefficient (Wildman–Crippen LogP) is 3.82. The van der Waals surface area contributed by atoms with Crippen molar-refractivity contribution in [1.29, 1.82) is 0 Å². The minimum atomic E-state index is -0.763. The number of morpholine rings is 1. The van der Waals surface area contributed by atoms with Gasteiger partial charge in [-0.1, -0.05) is 18.2 Å². The van der Waals surface area contributed by atoms with Crippen LogP contribution in [-0.2, 0) is 9.47 Å². The van der Waals surface area contributed by atoms with E-state index in [4.69, 9.17) is 9.47 Å². The summed E-state index contributed by atoms with van der Waals surface area (Å²) < 4.78 is 10.2. The van der Waals surface area contributed by atoms with Gasteiger partial charge in [0.1, 0.15) is 11.3 Å². The lowest BCUT2D eigenvalue weighted by atomic mass is 10.1. The third-order valence-electron chi connectivity index (χ3n) is 5.17. The average Bonchev–Trinajstić information content (AvgIpc) is 2.78. The standard InChI is InChI=1S/C22H22N4O5/c1-14-11-19(16-5-3-4-6-18(16)23-14)24-20-13-15(25-7-9-31-10-8-25)12-17(22(27)30-2)21(20)26(28)29/h3-6,11-13H,7-10H2,1-2H3,(H,23,24). The topological polar surface area (TPSA) is 107 Å². The Balaban J connectivity index is 1.89. The number of carbonyl (C=O) groups is 1. The molecular weight excluding hydrogens is 400 g/mol. The summed E-state index contributed by atoms with van der Waals surface area (Å²) >= 11 is 0. The minimum absolute atomic E-state index is 0.103. The molecule has 0 bridgehead atoms. The highest BCUT2D eigenvalue weighted by atomic mass is 16.6. The number of pyridine rings is 1. The van der Waals surface area contributed by atoms with Crippen LogP contribution in [0.1, 0.15) is 16.1 Å². The van der Waals surface area contributed by atoms with E-state index in [0.717, 1.165) is 16.6 Å². The van der Waals surface area contributed by atoms with Gasteiger partial charge in [-0.3, -0.25) is 15.1 Å². The summed E-state index contributed by atoms with van der Waals surface area (Å²) in [6.07, 6.45) is 0. The lowest BCUT2D eigenvalue weighted by Gasteiger charge is -2.29. The lowest BCUT2D eigenvalue weighted by molar-refractivity contribution is -0.384. The first-order valence-corrected chi connectivity index (χ1v) is 9.85. The number of aryl methyl sites for hydroxylation is 1. The number of esters is 1. The van der Waals surface area contributed by atoms with E-state index >= 15 is 0 Å². The highest BCUT2D eigenvalue weighted by Crippen LogP contribution is 2.38. The van der Waals surface area contributed by atoms with Crippen LogP contribution in [0.5, 0.6) is 0 Å². The second-order valence-electron chi connectivity index (χ2n) is 7.19. The van der Waals surface area contributed by atoms with E-state index < -0.39 is 10.9 Å². The summed E-state index contributed by atoms with van der Waals surface area (Å²) in [6.45, 7) is 4.18. The van der Waals surface area contributed by atoms with E-state index in [-0.39, 0.29) is 16.9 Å². The normalized spacial score (nSPS) is 13.8. The minimum Gasteiger partial charge on any atom is -0.465 e. The Labute approximate surface area is 178 Å². The Morgan fingerprint density at radius 2 is 1.94 bits per heavy atom. The smallest absolute Gasteiger partial charge is 0.345 e. The fourth-order valence-electron chi connectivity index (χ4n) is 3.74. The Bertz CT molecular complexity index is 1160. The van der Waals surface area contributed by atoms with Gasteiger partial charge in [0, 0.05) is 35.5 Å². The molecule has 2 aromatic carbocycles. The van der Waals surface area contributed by atoms with Gasteiger partial charge in [0.15, 0.2) is 0 Å². The molecule has 0 spiro atoms. The lowest BCUT2D eigenvalue weighted by Crippen LogP contribution is -2.36. The molecule has 2 heterocycles. The van der Waals surface area contributed by atoms with Crippen LogP contribution in [0.4, 0.5) is 22.7 Å². The van der Waals surface area contributed by atoms with E-state index in [2.05, 4.69) is 10.3 Å². The van der Waals surface area contributed by atoms with Gasteiger partial charge in [0.2, 0.25) is 0 Å². The van der Waals surface area contributed by atoms with Crippen LogP contribution in [0.2, 0.25) is 0 Å². The van der Waals surface area contributed by atoms with E-state index in [1.54, 1.807) is 6.07 Å². The highest BCUT2D eigenvalue weighted by Gasteiger charge is 2.29. The van der Waals surface area contributed by atoms with Crippen molar-refractivity contribution in [3.63, 3.8) is 0 Å². The summed E-state index contributed by atoms with van der Waals surface area (Å²) in [5.74, 6) is -0.763. The molecule has 9 heteroatoms. The third kappa shape index (κ3) is 4.13. The number of carbonyl (C=O) groups excluding carboxylic acids is 1. The summed E-state index contributed by atoms with van der Waals surface area (Å²) in [4.78, 5) is 30.4. The zero-order chi connectivity index (χ0) is 22.0. The molecule has 31 heavy (non-hydrogen) atoms. The van der Waals surface area contributed by atoms with Crippen molar-refractivity contribution in [3.8, 4) is 0 Å². The average molecular weight is 422 g/mol. The van der Waals surface area contributed by atoms with Crippen molar-refractivity contribution in [2.24, 2.45) is 0 Å². The summed E-state index contributed by atoms with van der Waals surface area (Å²) in [5.41, 5.74) is 2.67. The molecule has 0 amide bonds. The van der Waals surface area contributed by atoms with Crippen molar-refractivity contribution in [2.75, 3.05) is 43.6 Å². The van der Waals surface area contributed by atoms with Crippen LogP contribution in [0, 0.1) is 17.0 Å². The molecule has 0 atom stereocenters. The molecule has 1 N–H and O–H groups in total. The molecule has 3 aromatic rings. The van der Waals surface area contributed by atoms with Crippen LogP contribution >= 0.6 is 0 Å². The van der Waals surface area contributed by atoms with Crippen molar-refractivity contribution in [3.05, 3.63) is 63.8 Å². The van der Waals surface area contributed by atoms with Crippen molar-refractivity contribution in [1.82, 2.24) is 4.98 Å². The number of nitrogens with one attached hydrogen (secondary N) is 1. The van der Waals surface area contributed by atoms with E-state index in [1.165, 1.54) is 13.2 Å². The second-order valence-corrected chi connectivity index (χ2v) is 7.19. The number of nitro groups is 1. The molecule has 1 saturated heterocycles. The number of nitro benzene ring substituents is 1. The zero-order valence-corrected chi connectivity index (χ0v) is 17.3. The van der Waals surface area contributed by atoms with Gasteiger partial charge in [-0.15, -0.1) is 0 Å². The molecular formula is C22H22N4O5. The number of hydrogen-bond acceptors (Lipinski definition) is 8. The van der Waals surface area contributed by atoms with Gasteiger partial charge >= 0.3 is 11.7 Å². The molecule has 1 aromatic heterocycles. The van der Waals surface area contributed by atoms with Crippen molar-refractivity contribution < 1.29 is 19.2 Å². The quantitative estimate of drug-likeness (QED) is 0.376. The maximum absolute atomic E-state index is 12.4. The molecule has 0 radical (unpaired) electrons. The second kappa shape index (κ2) is 8.57. The Hall–Kier alpha value is -3.72. The molecule has 160 valence electrons. The molecule has 9 nitrogen and oxygen atoms in total. The van der Waals surface area contributed by atoms with Crippen LogP contribution < -0.4 is 10.2 Å². The summed E-state index contributed by atoms with van der Waals surface area (Å²) in [6, 6.07) is 12.6. The molecule has 0 aliphatic carbocycles. The van der Waals surface area contributed by atoms with Crippen molar-refractivity contribution in [2.45, 2.75) is 6.92 Å². The summed E-state index contributed by atoms with van der Waals surface area (Å²) in [5, 5.41) is 16.0. The maximum atomic E-state index is 12.4. The van der Waals surface area contributed by atoms with Gasteiger partial charge in [-0.25, -0.2) is 4.79 Å². The van der Waals surface area contributed by atoms with E-state index in [9.17, 15) is 14.9 Å². The van der Waals surface area contributed by atoms with Crippen molar-refractivity contribution >= 4 is 39.6 Å². The maximum Gasteiger partial charge on any atom is 0.345 e. The number of fused-ring (bicyclic) bond motifs is 1. The van der Waals surface area contributed by atoms with Gasteiger partial charge in [0.05, 0.1) is 30.8 Å². The van der Waals surface area contributed by atoms with Gasteiger partial charge in [-0.05, 0) is 31.2 Å². The van der Waals surface area contributed by atoms with E-state index in [1.807, 2.05) is 42.2 Å². The predicted molar refractivity (Wildman–Crippen MR) is 117 cm³/mol. The first-order valence-electron chi connectivity index (χ1n) is 9.85. The Morgan fingerprint density at radius 1 is 1.19 bits per heavy atom. The number of nitrogens with zero attached hydrogens (tertiary/aromatic N) is 3. The third-order valence-corrected chi connectivity index (χ3v) is 5.17. The molecule has 0 unspecified atom stereocenters. The SMILES string of the molecule is COC(=O)c1cc(N2CCOCC2)cc(Nc2cc(C)nc3ccccc23)c1[N+](=O)[O-]. The fourth-order valence-corrected chi connectivity index (χ4v) is 3.74. The monoisotopic (exact) mass is 422 g/mol. The van der Waals surface area contributed by atoms with Gasteiger partial charge < -0.3 is 19.7 Å². The first kappa shape index (κ1) is 20.5. The van der Waals surface area contributed by atoms with Crippen LogP contribution in [0.15, 0.2) is 42.5 Å². The van der Waals surface area contributed by atoms with Gasteiger partial charge in [-0.2, -0.15) is 0 Å².